The quantitative estimate of drug-likeness (QED) is 0.523. The Morgan fingerprint density at radius 3 is 2.39 bits per heavy atom. The van der Waals surface area contributed by atoms with E-state index >= 15 is 0 Å². The Bertz CT molecular complexity index is 1170. The standard InChI is InChI=1S/C22H22N2O6S/c1-12-11-14(20(27)19-15(25)5-3-6-16(19)26)13(2)18-17(7-10-31(28,29)21(12)18)30-22-23-8-4-9-24-22/h4,8-9,11,17,19H,3,5-7,10H2,1-2H3. The zero-order valence-electron chi connectivity index (χ0n) is 17.3. The molecule has 162 valence electrons. The summed E-state index contributed by atoms with van der Waals surface area (Å²) in [5.74, 6) is -2.76. The van der Waals surface area contributed by atoms with Crippen molar-refractivity contribution in [2.24, 2.45) is 5.92 Å². The van der Waals surface area contributed by atoms with Gasteiger partial charge in [0.2, 0.25) is 0 Å². The molecule has 2 heterocycles. The highest BCUT2D eigenvalue weighted by Crippen LogP contribution is 2.40. The van der Waals surface area contributed by atoms with Crippen LogP contribution in [0.1, 0.15) is 58.8 Å². The molecule has 9 heteroatoms. The monoisotopic (exact) mass is 442 g/mol. The third kappa shape index (κ3) is 3.78. The molecule has 1 aromatic carbocycles. The Labute approximate surface area is 180 Å². The average molecular weight is 442 g/mol. The number of sulfone groups is 1. The van der Waals surface area contributed by atoms with Crippen molar-refractivity contribution >= 4 is 27.2 Å². The molecule has 1 unspecified atom stereocenters. The van der Waals surface area contributed by atoms with Crippen molar-refractivity contribution in [3.05, 3.63) is 46.8 Å². The number of aromatic nitrogens is 2. The Kier molecular flexibility index (Phi) is 5.47. The first kappa shape index (κ1) is 21.3. The average Bonchev–Trinajstić information content (AvgIpc) is 2.72. The molecule has 0 radical (unpaired) electrons. The van der Waals surface area contributed by atoms with E-state index in [1.54, 1.807) is 19.9 Å². The molecular weight excluding hydrogens is 420 g/mol. The van der Waals surface area contributed by atoms with Crippen molar-refractivity contribution in [3.8, 4) is 6.01 Å². The van der Waals surface area contributed by atoms with Gasteiger partial charge in [0.1, 0.15) is 12.0 Å². The topological polar surface area (TPSA) is 120 Å². The minimum absolute atomic E-state index is 0.101. The number of nitrogens with zero attached hydrogens (tertiary/aromatic N) is 2. The first-order valence-electron chi connectivity index (χ1n) is 10.1. The molecule has 1 atom stereocenters. The molecule has 0 amide bonds. The van der Waals surface area contributed by atoms with Crippen LogP contribution >= 0.6 is 0 Å². The molecule has 0 saturated heterocycles. The smallest absolute Gasteiger partial charge is 0.316 e. The van der Waals surface area contributed by atoms with Gasteiger partial charge in [-0.25, -0.2) is 18.4 Å². The number of benzene rings is 1. The molecular formula is C22H22N2O6S. The van der Waals surface area contributed by atoms with Crippen LogP contribution in [-0.2, 0) is 19.4 Å². The summed E-state index contributed by atoms with van der Waals surface area (Å²) in [6.07, 6.45) is 3.36. The van der Waals surface area contributed by atoms with Crippen LogP contribution in [0.5, 0.6) is 6.01 Å². The summed E-state index contributed by atoms with van der Waals surface area (Å²) in [5.41, 5.74) is 1.35. The Morgan fingerprint density at radius 1 is 1.10 bits per heavy atom. The van der Waals surface area contributed by atoms with Gasteiger partial charge >= 0.3 is 6.01 Å². The number of aryl methyl sites for hydroxylation is 1. The van der Waals surface area contributed by atoms with Crippen molar-refractivity contribution < 1.29 is 27.5 Å². The number of ether oxygens (including phenoxy) is 1. The molecule has 1 saturated carbocycles. The molecule has 0 bridgehead atoms. The van der Waals surface area contributed by atoms with Crippen LogP contribution in [0, 0.1) is 19.8 Å². The minimum Gasteiger partial charge on any atom is -0.455 e. The maximum atomic E-state index is 13.2. The number of rotatable bonds is 4. The van der Waals surface area contributed by atoms with Crippen LogP contribution in [0.3, 0.4) is 0 Å². The van der Waals surface area contributed by atoms with Crippen molar-refractivity contribution in [2.45, 2.75) is 50.5 Å². The van der Waals surface area contributed by atoms with E-state index in [2.05, 4.69) is 9.97 Å². The van der Waals surface area contributed by atoms with Gasteiger partial charge in [0, 0.05) is 42.8 Å². The summed E-state index contributed by atoms with van der Waals surface area (Å²) >= 11 is 0. The van der Waals surface area contributed by atoms with Gasteiger partial charge in [-0.3, -0.25) is 14.4 Å². The predicted octanol–water partition coefficient (Wildman–Crippen LogP) is 2.51. The second kappa shape index (κ2) is 7.96. The van der Waals surface area contributed by atoms with E-state index < -0.39 is 27.6 Å². The Morgan fingerprint density at radius 2 is 1.74 bits per heavy atom. The van der Waals surface area contributed by atoms with E-state index in [4.69, 9.17) is 4.74 Å². The lowest BCUT2D eigenvalue weighted by atomic mass is 9.79. The van der Waals surface area contributed by atoms with E-state index in [0.29, 0.717) is 23.1 Å². The van der Waals surface area contributed by atoms with Gasteiger partial charge in [-0.05, 0) is 43.5 Å². The molecule has 0 N–H and O–H groups in total. The molecule has 31 heavy (non-hydrogen) atoms. The lowest BCUT2D eigenvalue weighted by Gasteiger charge is -2.30. The fraction of sp³-hybridized carbons (Fsp3) is 0.409. The maximum absolute atomic E-state index is 13.2. The van der Waals surface area contributed by atoms with Gasteiger partial charge in [-0.1, -0.05) is 0 Å². The minimum atomic E-state index is -3.58. The van der Waals surface area contributed by atoms with Crippen LogP contribution in [0.25, 0.3) is 0 Å². The fourth-order valence-corrected chi connectivity index (χ4v) is 6.33. The lowest BCUT2D eigenvalue weighted by molar-refractivity contribution is -0.133. The number of Topliss-reactive ketones (excluding diaryl/α,β-unsaturated/α-hetero) is 3. The van der Waals surface area contributed by atoms with Gasteiger partial charge in [0.05, 0.1) is 10.6 Å². The second-order valence-corrected chi connectivity index (χ2v) is 9.98. The van der Waals surface area contributed by atoms with Gasteiger partial charge in [-0.15, -0.1) is 0 Å². The second-order valence-electron chi connectivity index (χ2n) is 7.94. The number of ketones is 3. The van der Waals surface area contributed by atoms with Crippen LogP contribution in [0.2, 0.25) is 0 Å². The normalized spacial score (nSPS) is 20.9. The summed E-state index contributed by atoms with van der Waals surface area (Å²) in [4.78, 5) is 46.1. The van der Waals surface area contributed by atoms with Gasteiger partial charge in [0.15, 0.2) is 27.2 Å². The summed E-state index contributed by atoms with van der Waals surface area (Å²) < 4.78 is 31.6. The molecule has 0 spiro atoms. The van der Waals surface area contributed by atoms with Crippen molar-refractivity contribution in [2.75, 3.05) is 5.75 Å². The SMILES string of the molecule is Cc1cc(C(=O)C2C(=O)CCCC2=O)c(C)c2c1S(=O)(=O)CCC2Oc1ncccn1. The maximum Gasteiger partial charge on any atom is 0.316 e. The van der Waals surface area contributed by atoms with Crippen LogP contribution < -0.4 is 4.74 Å². The lowest BCUT2D eigenvalue weighted by Crippen LogP contribution is -2.36. The molecule has 4 rings (SSSR count). The first-order chi connectivity index (χ1) is 14.7. The third-order valence-electron chi connectivity index (χ3n) is 5.86. The first-order valence-corrected chi connectivity index (χ1v) is 11.8. The number of hydrogen-bond donors (Lipinski definition) is 0. The molecule has 2 aromatic rings. The third-order valence-corrected chi connectivity index (χ3v) is 7.80. The number of hydrogen-bond acceptors (Lipinski definition) is 8. The highest BCUT2D eigenvalue weighted by atomic mass is 32.2. The number of carbonyl (C=O) groups excluding carboxylic acids is 3. The molecule has 1 aliphatic heterocycles. The van der Waals surface area contributed by atoms with E-state index in [0.717, 1.165) is 0 Å². The zero-order valence-corrected chi connectivity index (χ0v) is 18.1. The van der Waals surface area contributed by atoms with Gasteiger partial charge in [0.25, 0.3) is 0 Å². The van der Waals surface area contributed by atoms with Gasteiger partial charge in [-0.2, -0.15) is 0 Å². The van der Waals surface area contributed by atoms with Crippen molar-refractivity contribution in [3.63, 3.8) is 0 Å². The number of carbonyl (C=O) groups is 3. The molecule has 1 aliphatic carbocycles. The molecule has 1 aromatic heterocycles. The van der Waals surface area contributed by atoms with E-state index in [1.165, 1.54) is 18.5 Å². The van der Waals surface area contributed by atoms with Crippen molar-refractivity contribution in [1.29, 1.82) is 0 Å². The summed E-state index contributed by atoms with van der Waals surface area (Å²) in [6, 6.07) is 3.21. The van der Waals surface area contributed by atoms with E-state index in [1.807, 2.05) is 0 Å². The number of fused-ring (bicyclic) bond motifs is 1. The molecule has 1 fully saturated rings. The summed E-state index contributed by atoms with van der Waals surface area (Å²) in [6.45, 7) is 3.24. The molecule has 2 aliphatic rings. The van der Waals surface area contributed by atoms with E-state index in [9.17, 15) is 22.8 Å². The Balaban J connectivity index is 1.84. The van der Waals surface area contributed by atoms with Crippen LogP contribution in [0.4, 0.5) is 0 Å². The fourth-order valence-electron chi connectivity index (χ4n) is 4.43. The largest absolute Gasteiger partial charge is 0.455 e. The highest BCUT2D eigenvalue weighted by molar-refractivity contribution is 7.91. The molecule has 8 nitrogen and oxygen atoms in total. The van der Waals surface area contributed by atoms with Crippen LogP contribution in [-0.4, -0.2) is 41.5 Å². The van der Waals surface area contributed by atoms with E-state index in [-0.39, 0.29) is 53.1 Å². The predicted molar refractivity (Wildman–Crippen MR) is 110 cm³/mol. The summed E-state index contributed by atoms with van der Waals surface area (Å²) in [7, 11) is -3.58. The summed E-state index contributed by atoms with van der Waals surface area (Å²) in [5, 5.41) is 0. The van der Waals surface area contributed by atoms with Crippen molar-refractivity contribution in [1.82, 2.24) is 9.97 Å². The highest BCUT2D eigenvalue weighted by Gasteiger charge is 2.40. The Hall–Kier alpha value is -2.94. The zero-order chi connectivity index (χ0) is 22.3. The van der Waals surface area contributed by atoms with Crippen LogP contribution in [0.15, 0.2) is 29.4 Å². The van der Waals surface area contributed by atoms with Gasteiger partial charge < -0.3 is 4.74 Å².